The zero-order chi connectivity index (χ0) is 24.7. The van der Waals surface area contributed by atoms with Crippen LogP contribution in [0.25, 0.3) is 0 Å². The molecule has 7 nitrogen and oxygen atoms in total. The van der Waals surface area contributed by atoms with Gasteiger partial charge in [-0.1, -0.05) is 48.7 Å². The number of hydrogen-bond acceptors (Lipinski definition) is 6. The quantitative estimate of drug-likeness (QED) is 0.407. The van der Waals surface area contributed by atoms with Crippen LogP contribution in [0.3, 0.4) is 0 Å². The number of nitrogens with zero attached hydrogens (tertiary/aromatic N) is 1. The number of carbonyl (C=O) groups is 3. The van der Waals surface area contributed by atoms with Crippen molar-refractivity contribution < 1.29 is 19.1 Å². The highest BCUT2D eigenvalue weighted by molar-refractivity contribution is 6.39. The van der Waals surface area contributed by atoms with E-state index in [0.29, 0.717) is 18.4 Å². The number of halogens is 2. The first kappa shape index (κ1) is 25.7. The second-order valence-corrected chi connectivity index (χ2v) is 8.83. The Bertz CT molecular complexity index is 1080. The lowest BCUT2D eigenvalue weighted by Crippen LogP contribution is -2.24. The number of carbonyl (C=O) groups excluding carboxylic acids is 3. The Hall–Kier alpha value is -2.90. The second-order valence-electron chi connectivity index (χ2n) is 8.02. The third-order valence-corrected chi connectivity index (χ3v) is 6.27. The number of Topliss-reactive ketones (excluding diaryl/α,β-unsaturated/α-hetero) is 1. The summed E-state index contributed by atoms with van der Waals surface area (Å²) < 4.78 is 4.87. The van der Waals surface area contributed by atoms with Gasteiger partial charge in [0.15, 0.2) is 5.78 Å². The van der Waals surface area contributed by atoms with Gasteiger partial charge in [-0.15, -0.1) is 0 Å². The summed E-state index contributed by atoms with van der Waals surface area (Å²) in [6.07, 6.45) is 6.64. The van der Waals surface area contributed by atoms with E-state index in [1.807, 2.05) is 0 Å². The van der Waals surface area contributed by atoms with Crippen molar-refractivity contribution in [2.24, 2.45) is 0 Å². The summed E-state index contributed by atoms with van der Waals surface area (Å²) in [5.74, 6) is -0.598. The van der Waals surface area contributed by atoms with E-state index < -0.39 is 6.04 Å². The van der Waals surface area contributed by atoms with Crippen molar-refractivity contribution in [3.63, 3.8) is 0 Å². The van der Waals surface area contributed by atoms with Crippen molar-refractivity contribution in [2.75, 3.05) is 12.4 Å². The highest BCUT2D eigenvalue weighted by atomic mass is 35.5. The molecular weight excluding hydrogens is 477 g/mol. The van der Waals surface area contributed by atoms with Gasteiger partial charge in [-0.2, -0.15) is 0 Å². The number of methoxy groups -OCH3 is 1. The van der Waals surface area contributed by atoms with Crippen LogP contribution in [0.5, 0.6) is 0 Å². The van der Waals surface area contributed by atoms with Crippen LogP contribution in [-0.4, -0.2) is 29.8 Å². The lowest BCUT2D eigenvalue weighted by atomic mass is 10.0. The van der Waals surface area contributed by atoms with Crippen molar-refractivity contribution in [3.8, 4) is 0 Å². The van der Waals surface area contributed by atoms with Gasteiger partial charge in [-0.3, -0.25) is 19.4 Å². The second kappa shape index (κ2) is 12.0. The van der Waals surface area contributed by atoms with Crippen LogP contribution in [0.15, 0.2) is 47.9 Å². The van der Waals surface area contributed by atoms with Crippen LogP contribution in [0.4, 0.5) is 5.69 Å². The lowest BCUT2D eigenvalue weighted by Gasteiger charge is -2.21. The molecule has 9 heteroatoms. The minimum absolute atomic E-state index is 0.0863. The summed E-state index contributed by atoms with van der Waals surface area (Å²) in [5.41, 5.74) is 3.18. The van der Waals surface area contributed by atoms with Gasteiger partial charge in [0.25, 0.3) is 5.91 Å². The Balaban J connectivity index is 1.81. The molecule has 2 aromatic rings. The number of pyridine rings is 1. The molecule has 3 rings (SSSR count). The predicted molar refractivity (Wildman–Crippen MR) is 132 cm³/mol. The Kier molecular flexibility index (Phi) is 9.07. The molecule has 1 unspecified atom stereocenters. The number of nitrogens with one attached hydrogen (secondary N) is 2. The van der Waals surface area contributed by atoms with E-state index in [0.717, 1.165) is 36.1 Å². The maximum Gasteiger partial charge on any atom is 0.307 e. The van der Waals surface area contributed by atoms with Gasteiger partial charge in [0.05, 0.1) is 35.3 Å². The Morgan fingerprint density at radius 1 is 1.12 bits per heavy atom. The van der Waals surface area contributed by atoms with Gasteiger partial charge >= 0.3 is 5.97 Å². The molecule has 0 radical (unpaired) electrons. The number of ketones is 1. The number of hydrogen-bond donors (Lipinski definition) is 2. The fourth-order valence-electron chi connectivity index (χ4n) is 3.81. The molecule has 1 aliphatic rings. The zero-order valence-corrected chi connectivity index (χ0v) is 20.6. The molecule has 0 saturated carbocycles. The topological polar surface area (TPSA) is 97.4 Å². The van der Waals surface area contributed by atoms with Crippen LogP contribution in [0.2, 0.25) is 10.0 Å². The van der Waals surface area contributed by atoms with Crippen LogP contribution < -0.4 is 10.6 Å². The zero-order valence-electron chi connectivity index (χ0n) is 19.1. The maximum absolute atomic E-state index is 12.7. The van der Waals surface area contributed by atoms with Crippen molar-refractivity contribution in [3.05, 3.63) is 69.1 Å². The van der Waals surface area contributed by atoms with E-state index >= 15 is 0 Å². The summed E-state index contributed by atoms with van der Waals surface area (Å²) in [6.45, 7) is 2.08. The molecule has 1 atom stereocenters. The van der Waals surface area contributed by atoms with E-state index in [4.69, 9.17) is 27.9 Å². The van der Waals surface area contributed by atoms with Gasteiger partial charge in [-0.25, -0.2) is 0 Å². The van der Waals surface area contributed by atoms with Crippen LogP contribution >= 0.6 is 23.2 Å². The van der Waals surface area contributed by atoms with E-state index in [1.165, 1.54) is 19.5 Å². The maximum atomic E-state index is 12.7. The number of anilines is 1. The summed E-state index contributed by atoms with van der Waals surface area (Å²) in [7, 11) is 1.34. The van der Waals surface area contributed by atoms with Crippen LogP contribution in [-0.2, 0) is 14.3 Å². The average molecular weight is 504 g/mol. The fraction of sp³-hybridized carbons (Fsp3) is 0.360. The van der Waals surface area contributed by atoms with Gasteiger partial charge in [0, 0.05) is 35.6 Å². The van der Waals surface area contributed by atoms with E-state index in [-0.39, 0.29) is 39.8 Å². The summed E-state index contributed by atoms with van der Waals surface area (Å²) in [4.78, 5) is 41.0. The monoisotopic (exact) mass is 503 g/mol. The summed E-state index contributed by atoms with van der Waals surface area (Å²) in [6, 6.07) is 6.46. The lowest BCUT2D eigenvalue weighted by molar-refractivity contribution is -0.141. The van der Waals surface area contributed by atoms with Crippen molar-refractivity contribution in [1.82, 2.24) is 10.3 Å². The Labute approximate surface area is 208 Å². The molecule has 1 aliphatic carbocycles. The SMILES string of the molecule is CCCCC1=C(NC(CC(=O)OC)c2ccc(C(=O)Nc3c(Cl)cncc3Cl)cc2)CCC1=O. The van der Waals surface area contributed by atoms with Gasteiger partial charge < -0.3 is 15.4 Å². The van der Waals surface area contributed by atoms with Gasteiger partial charge in [0.2, 0.25) is 0 Å². The van der Waals surface area contributed by atoms with Gasteiger partial charge in [0.1, 0.15) is 0 Å². The molecule has 0 aliphatic heterocycles. The molecule has 2 N–H and O–H groups in total. The van der Waals surface area contributed by atoms with E-state index in [1.54, 1.807) is 24.3 Å². The number of aromatic nitrogens is 1. The number of unbranched alkanes of at least 4 members (excludes halogenated alkanes) is 1. The summed E-state index contributed by atoms with van der Waals surface area (Å²) >= 11 is 12.2. The highest BCUT2D eigenvalue weighted by Gasteiger charge is 2.26. The highest BCUT2D eigenvalue weighted by Crippen LogP contribution is 2.31. The average Bonchev–Trinajstić information content (AvgIpc) is 3.18. The number of allylic oxidation sites excluding steroid dienone is 2. The minimum atomic E-state index is -0.397. The normalized spacial score (nSPS) is 14.2. The van der Waals surface area contributed by atoms with Crippen molar-refractivity contribution in [1.29, 1.82) is 0 Å². The molecule has 1 aromatic carbocycles. The van der Waals surface area contributed by atoms with E-state index in [2.05, 4.69) is 22.5 Å². The van der Waals surface area contributed by atoms with Gasteiger partial charge in [-0.05, 0) is 37.0 Å². The first-order valence-corrected chi connectivity index (χ1v) is 11.9. The first-order chi connectivity index (χ1) is 16.3. The standard InChI is InChI=1S/C25H27Cl2N3O4/c1-3-4-5-17-20(10-11-22(17)31)29-21(12-23(32)34-2)15-6-8-16(9-7-15)25(33)30-24-18(26)13-28-14-19(24)27/h6-9,13-14,21,29H,3-5,10-12H2,1-2H3,(H,28,30,33). The summed E-state index contributed by atoms with van der Waals surface area (Å²) in [5, 5.41) is 6.57. The number of esters is 1. The third-order valence-electron chi connectivity index (χ3n) is 5.70. The predicted octanol–water partition coefficient (Wildman–Crippen LogP) is 5.64. The van der Waals surface area contributed by atoms with Crippen LogP contribution in [0, 0.1) is 0 Å². The minimum Gasteiger partial charge on any atom is -0.469 e. The first-order valence-electron chi connectivity index (χ1n) is 11.1. The van der Waals surface area contributed by atoms with Crippen molar-refractivity contribution >= 4 is 46.5 Å². The largest absolute Gasteiger partial charge is 0.469 e. The Morgan fingerprint density at radius 2 is 1.79 bits per heavy atom. The molecule has 0 spiro atoms. The molecular formula is C25H27Cl2N3O4. The van der Waals surface area contributed by atoms with Crippen molar-refractivity contribution in [2.45, 2.75) is 51.5 Å². The number of ether oxygens (including phenoxy) is 1. The molecule has 34 heavy (non-hydrogen) atoms. The third kappa shape index (κ3) is 6.36. The molecule has 1 heterocycles. The fourth-order valence-corrected chi connectivity index (χ4v) is 4.27. The van der Waals surface area contributed by atoms with E-state index in [9.17, 15) is 14.4 Å². The Morgan fingerprint density at radius 3 is 2.41 bits per heavy atom. The molecule has 0 saturated heterocycles. The number of benzene rings is 1. The molecule has 180 valence electrons. The molecule has 0 fully saturated rings. The molecule has 1 amide bonds. The molecule has 0 bridgehead atoms. The van der Waals surface area contributed by atoms with Crippen LogP contribution in [0.1, 0.15) is 67.4 Å². The molecule has 1 aromatic heterocycles. The number of amides is 1. The number of rotatable bonds is 10. The smallest absolute Gasteiger partial charge is 0.307 e.